The topological polar surface area (TPSA) is 114 Å². The molecule has 0 aliphatic heterocycles. The van der Waals surface area contributed by atoms with Gasteiger partial charge in [0.15, 0.2) is 5.96 Å². The lowest BCUT2D eigenvalue weighted by atomic mass is 9.87. The predicted octanol–water partition coefficient (Wildman–Crippen LogP) is 2.22. The molecule has 0 bridgehead atoms. The zero-order chi connectivity index (χ0) is 17.0. The molecule has 0 aliphatic rings. The highest BCUT2D eigenvalue weighted by Gasteiger charge is 2.29. The summed E-state index contributed by atoms with van der Waals surface area (Å²) in [4.78, 5) is 15.4. The summed E-state index contributed by atoms with van der Waals surface area (Å²) in [6, 6.07) is -0.548. The van der Waals surface area contributed by atoms with Gasteiger partial charge in [-0.15, -0.1) is 0 Å². The number of carbonyl (C=O) groups is 1. The van der Waals surface area contributed by atoms with E-state index < -0.39 is 12.0 Å². The molecule has 0 fully saturated rings. The van der Waals surface area contributed by atoms with E-state index in [4.69, 9.17) is 11.5 Å². The minimum Gasteiger partial charge on any atom is -0.480 e. The molecule has 6 N–H and O–H groups in total. The zero-order valence-electron chi connectivity index (χ0n) is 14.4. The van der Waals surface area contributed by atoms with Gasteiger partial charge >= 0.3 is 5.97 Å². The monoisotopic (exact) mass is 314 g/mol. The van der Waals surface area contributed by atoms with Gasteiger partial charge in [-0.1, -0.05) is 39.5 Å². The first-order valence-corrected chi connectivity index (χ1v) is 8.40. The van der Waals surface area contributed by atoms with Crippen LogP contribution < -0.4 is 16.8 Å². The number of nitrogens with two attached hydrogens (primary N) is 2. The fraction of sp³-hybridized carbons (Fsp3) is 0.875. The lowest BCUT2D eigenvalue weighted by molar-refractivity contribution is -0.140. The van der Waals surface area contributed by atoms with Gasteiger partial charge in [-0.2, -0.15) is 0 Å². The maximum absolute atomic E-state index is 11.5. The summed E-state index contributed by atoms with van der Waals surface area (Å²) in [5, 5.41) is 12.8. The van der Waals surface area contributed by atoms with Gasteiger partial charge in [-0.25, -0.2) is 0 Å². The van der Waals surface area contributed by atoms with Gasteiger partial charge in [0.1, 0.15) is 6.04 Å². The van der Waals surface area contributed by atoms with Crippen LogP contribution in [-0.2, 0) is 4.79 Å². The van der Waals surface area contributed by atoms with Crippen molar-refractivity contribution in [3.8, 4) is 0 Å². The van der Waals surface area contributed by atoms with Gasteiger partial charge in [-0.3, -0.25) is 15.1 Å². The second kappa shape index (κ2) is 11.3. The van der Waals surface area contributed by atoms with Gasteiger partial charge in [0.25, 0.3) is 0 Å². The summed E-state index contributed by atoms with van der Waals surface area (Å²) < 4.78 is 0. The highest BCUT2D eigenvalue weighted by Crippen LogP contribution is 2.22. The van der Waals surface area contributed by atoms with Crippen molar-refractivity contribution in [2.45, 2.75) is 83.7 Å². The summed E-state index contributed by atoms with van der Waals surface area (Å²) in [5.74, 6) is -0.750. The first-order chi connectivity index (χ1) is 10.3. The van der Waals surface area contributed by atoms with Crippen LogP contribution in [0.1, 0.15) is 72.1 Å². The van der Waals surface area contributed by atoms with Crippen molar-refractivity contribution in [2.24, 2.45) is 16.5 Å². The number of hydrogen-bond donors (Lipinski definition) is 4. The van der Waals surface area contributed by atoms with Crippen LogP contribution in [0.2, 0.25) is 0 Å². The third kappa shape index (κ3) is 9.60. The third-order valence-electron chi connectivity index (χ3n) is 3.93. The van der Waals surface area contributed by atoms with Crippen molar-refractivity contribution in [3.63, 3.8) is 0 Å². The lowest BCUT2D eigenvalue weighted by Gasteiger charge is -2.34. The Morgan fingerprint density at radius 1 is 1.18 bits per heavy atom. The highest BCUT2D eigenvalue weighted by atomic mass is 16.4. The molecule has 0 spiro atoms. The quantitative estimate of drug-likeness (QED) is 0.236. The summed E-state index contributed by atoms with van der Waals surface area (Å²) in [5.41, 5.74) is 10.4. The summed E-state index contributed by atoms with van der Waals surface area (Å²) in [6.07, 6.45) is 7.63. The molecule has 0 radical (unpaired) electrons. The summed E-state index contributed by atoms with van der Waals surface area (Å²) >= 11 is 0. The van der Waals surface area contributed by atoms with Crippen LogP contribution in [-0.4, -0.2) is 35.2 Å². The first kappa shape index (κ1) is 20.7. The van der Waals surface area contributed by atoms with Gasteiger partial charge in [0.2, 0.25) is 0 Å². The largest absolute Gasteiger partial charge is 0.480 e. The van der Waals surface area contributed by atoms with E-state index in [-0.39, 0.29) is 11.5 Å². The maximum atomic E-state index is 11.5. The molecule has 130 valence electrons. The van der Waals surface area contributed by atoms with Crippen LogP contribution in [0.4, 0.5) is 0 Å². The normalized spacial score (nSPS) is 12.9. The highest BCUT2D eigenvalue weighted by molar-refractivity contribution is 5.75. The van der Waals surface area contributed by atoms with Crippen LogP contribution in [0.3, 0.4) is 0 Å². The van der Waals surface area contributed by atoms with E-state index >= 15 is 0 Å². The number of nitrogens with zero attached hydrogens (tertiary/aromatic N) is 1. The average molecular weight is 314 g/mol. The fourth-order valence-electron chi connectivity index (χ4n) is 2.58. The van der Waals surface area contributed by atoms with Crippen molar-refractivity contribution in [2.75, 3.05) is 6.54 Å². The third-order valence-corrected chi connectivity index (χ3v) is 3.93. The smallest absolute Gasteiger partial charge is 0.320 e. The van der Waals surface area contributed by atoms with Crippen molar-refractivity contribution in [3.05, 3.63) is 0 Å². The molecule has 6 heteroatoms. The van der Waals surface area contributed by atoms with E-state index in [2.05, 4.69) is 31.1 Å². The molecule has 22 heavy (non-hydrogen) atoms. The number of guanidine groups is 1. The molecule has 1 unspecified atom stereocenters. The van der Waals surface area contributed by atoms with Gasteiger partial charge in [0.05, 0.1) is 0 Å². The summed E-state index contributed by atoms with van der Waals surface area (Å²) in [6.45, 7) is 6.92. The first-order valence-electron chi connectivity index (χ1n) is 8.40. The number of nitrogens with one attached hydrogen (secondary N) is 1. The standard InChI is InChI=1S/C16H34N4O2/c1-4-6-10-16(3,11-7-5-2)20-13(14(21)22)9-8-12-19-15(17)18/h13,20H,4-12H2,1-3H3,(H,21,22)(H4,17,18,19). The van der Waals surface area contributed by atoms with E-state index in [1.54, 1.807) is 0 Å². The Kier molecular flexibility index (Phi) is 10.6. The van der Waals surface area contributed by atoms with E-state index in [9.17, 15) is 9.90 Å². The molecule has 0 heterocycles. The SMILES string of the molecule is CCCCC(C)(CCCC)NC(CCCN=C(N)N)C(=O)O. The molecular weight excluding hydrogens is 280 g/mol. The molecule has 0 aromatic heterocycles. The van der Waals surface area contributed by atoms with Gasteiger partial charge < -0.3 is 16.6 Å². The van der Waals surface area contributed by atoms with Crippen molar-refractivity contribution in [1.29, 1.82) is 0 Å². The molecule has 1 atom stereocenters. The lowest BCUT2D eigenvalue weighted by Crippen LogP contribution is -2.51. The average Bonchev–Trinajstić information content (AvgIpc) is 2.46. The van der Waals surface area contributed by atoms with E-state index in [1.165, 1.54) is 0 Å². The molecule has 0 aromatic carbocycles. The predicted molar refractivity (Wildman–Crippen MR) is 91.9 cm³/mol. The van der Waals surface area contributed by atoms with Crippen molar-refractivity contribution < 1.29 is 9.90 Å². The van der Waals surface area contributed by atoms with Crippen molar-refractivity contribution in [1.82, 2.24) is 5.32 Å². The number of hydrogen-bond acceptors (Lipinski definition) is 3. The van der Waals surface area contributed by atoms with Crippen LogP contribution in [0, 0.1) is 0 Å². The van der Waals surface area contributed by atoms with E-state index in [0.29, 0.717) is 19.4 Å². The Bertz CT molecular complexity index is 333. The van der Waals surface area contributed by atoms with Crippen molar-refractivity contribution >= 4 is 11.9 Å². The second-order valence-corrected chi connectivity index (χ2v) is 6.25. The molecule has 0 saturated heterocycles. The molecule has 0 rings (SSSR count). The van der Waals surface area contributed by atoms with Crippen LogP contribution in [0.25, 0.3) is 0 Å². The number of unbranched alkanes of at least 4 members (excludes halogenated alkanes) is 2. The Balaban J connectivity index is 4.61. The Hall–Kier alpha value is -1.30. The van der Waals surface area contributed by atoms with Crippen LogP contribution in [0.15, 0.2) is 4.99 Å². The Morgan fingerprint density at radius 2 is 1.73 bits per heavy atom. The van der Waals surface area contributed by atoms with Crippen LogP contribution >= 0.6 is 0 Å². The Labute approximate surface area is 134 Å². The van der Waals surface area contributed by atoms with Gasteiger partial charge in [0, 0.05) is 12.1 Å². The van der Waals surface area contributed by atoms with Gasteiger partial charge in [-0.05, 0) is 32.6 Å². The molecule has 0 aliphatic carbocycles. The second-order valence-electron chi connectivity index (χ2n) is 6.25. The molecular formula is C16H34N4O2. The molecule has 0 aromatic rings. The molecule has 6 nitrogen and oxygen atoms in total. The van der Waals surface area contributed by atoms with Crippen LogP contribution in [0.5, 0.6) is 0 Å². The van der Waals surface area contributed by atoms with E-state index in [1.807, 2.05) is 0 Å². The number of carboxylic acid groups (broad SMARTS) is 1. The van der Waals surface area contributed by atoms with E-state index in [0.717, 1.165) is 38.5 Å². The molecule has 0 saturated carbocycles. The minimum absolute atomic E-state index is 0.0514. The number of aliphatic carboxylic acids is 1. The summed E-state index contributed by atoms with van der Waals surface area (Å²) in [7, 11) is 0. The number of carboxylic acids is 1. The number of rotatable bonds is 13. The maximum Gasteiger partial charge on any atom is 0.320 e. The molecule has 0 amide bonds. The minimum atomic E-state index is -0.802. The number of aliphatic imine (C=N–C) groups is 1. The Morgan fingerprint density at radius 3 is 2.14 bits per heavy atom. The zero-order valence-corrected chi connectivity index (χ0v) is 14.4. The fourth-order valence-corrected chi connectivity index (χ4v) is 2.58.